The number of carboxylic acid groups (broad SMARTS) is 4. The van der Waals surface area contributed by atoms with Gasteiger partial charge >= 0.3 is 23.9 Å². The molecular weight excluding hydrogens is 1640 g/mol. The zero-order valence-corrected chi connectivity index (χ0v) is 72.1. The molecular formula is C80H123N19O24S+2. The second-order valence-electron chi connectivity index (χ2n) is 31.4. The number of imidazole rings is 1. The number of aliphatic hydroxyl groups is 1. The summed E-state index contributed by atoms with van der Waals surface area (Å²) in [6, 6.07) is -5.41. The third-order valence-electron chi connectivity index (χ3n) is 19.1. The highest BCUT2D eigenvalue weighted by Crippen LogP contribution is 2.16. The van der Waals surface area contributed by atoms with Crippen molar-refractivity contribution in [1.82, 2.24) is 84.4 Å². The van der Waals surface area contributed by atoms with Crippen LogP contribution in [0.25, 0.3) is 0 Å². The van der Waals surface area contributed by atoms with E-state index in [-0.39, 0.29) is 63.0 Å². The Morgan fingerprint density at radius 2 is 0.823 bits per heavy atom. The molecule has 0 radical (unpaired) electrons. The normalized spacial score (nSPS) is 14.8. The molecule has 0 spiro atoms. The van der Waals surface area contributed by atoms with Gasteiger partial charge in [-0.3, -0.25) is 86.3 Å². The zero-order chi connectivity index (χ0) is 93.2. The number of unbranched alkanes of at least 4 members (excludes halogenated alkanes) is 1. The molecule has 0 aliphatic rings. The Bertz CT molecular complexity index is 4100. The molecule has 0 aliphatic heterocycles. The van der Waals surface area contributed by atoms with E-state index in [0.717, 1.165) is 5.56 Å². The average molecular weight is 1770 g/mol. The van der Waals surface area contributed by atoms with Gasteiger partial charge in [-0.05, 0) is 98.7 Å². The SMILES string of the molecule is CSCC[C@H](NC(=O)[C@@H](NC(=O)[C@@H](NC(=O)[C@H](Cc1ccccc1)NC(=O)[C@H](Cc1c[nH]cn1)NC(=O)CNC(=O)[C@H](CC(=O)O)NC(=O)[C@@H](NC(=O)[C@H](CCC(=O)O)NC(=O)[C@H](CC(C)C)NC(=O)[C@H](CC(=O)O)NC(=O)[C@H](CCCC[NH3+])NC(=O)[C@H](CC(N)=O)NC(=O)[C@H](CC(C)C)NC(=O)[C@@H]([NH3+])Cc1ccccc1)C(C)C)C(C)C)[C@@H](C)O)C(=O)O. The number of carboxylic acids is 4. The number of hydrogen-bond donors (Lipinski definition) is 23. The number of hydrogen-bond acceptors (Lipinski definition) is 22. The van der Waals surface area contributed by atoms with Crippen molar-refractivity contribution in [2.75, 3.05) is 25.1 Å². The van der Waals surface area contributed by atoms with Crippen molar-refractivity contribution in [2.45, 2.75) is 243 Å². The van der Waals surface area contributed by atoms with Gasteiger partial charge in [-0.1, -0.05) is 116 Å². The number of aliphatic hydroxyl groups excluding tert-OH is 1. The fourth-order valence-corrected chi connectivity index (χ4v) is 13.0. The number of amides is 15. The highest BCUT2D eigenvalue weighted by Gasteiger charge is 2.41. The van der Waals surface area contributed by atoms with E-state index in [1.807, 2.05) is 0 Å². The molecule has 0 aliphatic carbocycles. The topological polar surface area (TPSA) is 704 Å². The number of thioether (sulfide) groups is 1. The first-order valence-corrected chi connectivity index (χ1v) is 42.0. The van der Waals surface area contributed by atoms with Crippen LogP contribution in [-0.4, -0.2) is 264 Å². The number of rotatable bonds is 58. The van der Waals surface area contributed by atoms with Gasteiger partial charge in [0.05, 0.1) is 50.5 Å². The molecule has 124 heavy (non-hydrogen) atoms. The highest BCUT2D eigenvalue weighted by atomic mass is 32.2. The van der Waals surface area contributed by atoms with Crippen LogP contribution in [0.3, 0.4) is 0 Å². The Labute approximate surface area is 721 Å². The third-order valence-corrected chi connectivity index (χ3v) is 19.7. The average Bonchev–Trinajstić information content (AvgIpc) is 0.860. The molecule has 0 saturated carbocycles. The minimum absolute atomic E-state index is 0.0127. The number of quaternary nitrogens is 2. The summed E-state index contributed by atoms with van der Waals surface area (Å²) < 4.78 is 0. The molecule has 0 fully saturated rings. The fraction of sp³-hybridized carbons (Fsp3) is 0.575. The van der Waals surface area contributed by atoms with Crippen molar-refractivity contribution < 1.29 is 128 Å². The van der Waals surface area contributed by atoms with Crippen LogP contribution in [0.15, 0.2) is 73.2 Å². The summed E-state index contributed by atoms with van der Waals surface area (Å²) in [5, 5.41) is 83.9. The molecule has 15 atom stereocenters. The molecule has 43 nitrogen and oxygen atoms in total. The van der Waals surface area contributed by atoms with Crippen molar-refractivity contribution in [1.29, 1.82) is 0 Å². The van der Waals surface area contributed by atoms with Gasteiger partial charge in [-0.2, -0.15) is 11.8 Å². The molecule has 2 aromatic carbocycles. The van der Waals surface area contributed by atoms with Gasteiger partial charge < -0.3 is 122 Å². The molecule has 28 N–H and O–H groups in total. The van der Waals surface area contributed by atoms with E-state index in [0.29, 0.717) is 24.3 Å². The molecule has 44 heteroatoms. The van der Waals surface area contributed by atoms with Crippen LogP contribution in [0.5, 0.6) is 0 Å². The number of H-pyrrole nitrogens is 1. The monoisotopic (exact) mass is 1770 g/mol. The Balaban J connectivity index is 1.88. The van der Waals surface area contributed by atoms with E-state index in [1.54, 1.807) is 108 Å². The lowest BCUT2D eigenvalue weighted by molar-refractivity contribution is -0.403. The quantitative estimate of drug-likeness (QED) is 0.0234. The van der Waals surface area contributed by atoms with Crippen molar-refractivity contribution in [2.24, 2.45) is 29.4 Å². The minimum Gasteiger partial charge on any atom is -0.481 e. The smallest absolute Gasteiger partial charge is 0.326 e. The Morgan fingerprint density at radius 1 is 0.427 bits per heavy atom. The number of nitrogens with two attached hydrogens (primary N) is 1. The molecule has 0 saturated heterocycles. The number of aliphatic carboxylic acids is 4. The molecule has 15 amide bonds. The predicted molar refractivity (Wildman–Crippen MR) is 445 cm³/mol. The van der Waals surface area contributed by atoms with E-state index in [9.17, 15) is 117 Å². The van der Waals surface area contributed by atoms with Crippen LogP contribution < -0.4 is 91.6 Å². The maximum atomic E-state index is 14.5. The van der Waals surface area contributed by atoms with Crippen molar-refractivity contribution in [3.63, 3.8) is 0 Å². The first-order chi connectivity index (χ1) is 58.3. The van der Waals surface area contributed by atoms with Gasteiger partial charge in [-0.25, -0.2) is 9.78 Å². The van der Waals surface area contributed by atoms with Crippen LogP contribution >= 0.6 is 11.8 Å². The minimum atomic E-state index is -2.03. The van der Waals surface area contributed by atoms with E-state index in [1.165, 1.54) is 45.1 Å². The van der Waals surface area contributed by atoms with E-state index >= 15 is 0 Å². The first-order valence-electron chi connectivity index (χ1n) is 40.6. The number of nitrogens with one attached hydrogen (secondary N) is 15. The molecule has 0 unspecified atom stereocenters. The lowest BCUT2D eigenvalue weighted by Gasteiger charge is -2.29. The molecule has 1 heterocycles. The molecule has 0 bridgehead atoms. The van der Waals surface area contributed by atoms with Gasteiger partial charge in [0, 0.05) is 31.9 Å². The van der Waals surface area contributed by atoms with E-state index in [2.05, 4.69) is 95.9 Å². The van der Waals surface area contributed by atoms with Gasteiger partial charge in [-0.15, -0.1) is 0 Å². The summed E-state index contributed by atoms with van der Waals surface area (Å²) in [5.41, 5.74) is 14.7. The maximum absolute atomic E-state index is 14.5. The lowest BCUT2D eigenvalue weighted by Crippen LogP contribution is -2.70. The second kappa shape index (κ2) is 54.3. The summed E-state index contributed by atoms with van der Waals surface area (Å²) in [4.78, 5) is 266. The number of carbonyl (C=O) groups excluding carboxylic acids is 15. The van der Waals surface area contributed by atoms with E-state index < -0.39 is 260 Å². The third kappa shape index (κ3) is 39.3. The highest BCUT2D eigenvalue weighted by molar-refractivity contribution is 7.98. The largest absolute Gasteiger partial charge is 0.481 e. The van der Waals surface area contributed by atoms with Gasteiger partial charge in [0.1, 0.15) is 78.5 Å². The molecule has 1 aromatic heterocycles. The molecule has 686 valence electrons. The van der Waals surface area contributed by atoms with Crippen molar-refractivity contribution >= 4 is 124 Å². The number of primary amides is 1. The summed E-state index contributed by atoms with van der Waals surface area (Å²) >= 11 is 1.32. The van der Waals surface area contributed by atoms with Crippen LogP contribution in [0, 0.1) is 23.7 Å². The Hall–Kier alpha value is -12.2. The number of nitrogens with zero attached hydrogens (tertiary/aromatic N) is 1. The zero-order valence-electron chi connectivity index (χ0n) is 71.3. The fourth-order valence-electron chi connectivity index (χ4n) is 12.5. The van der Waals surface area contributed by atoms with Crippen LogP contribution in [0.1, 0.15) is 150 Å². The molecule has 3 rings (SSSR count). The lowest BCUT2D eigenvalue weighted by atomic mass is 9.99. The summed E-state index contributed by atoms with van der Waals surface area (Å²) in [7, 11) is 0. The maximum Gasteiger partial charge on any atom is 0.326 e. The second-order valence-corrected chi connectivity index (χ2v) is 32.4. The Kier molecular flexibility index (Phi) is 46.4. The van der Waals surface area contributed by atoms with E-state index in [4.69, 9.17) is 5.73 Å². The molecule has 3 aromatic rings. The van der Waals surface area contributed by atoms with Gasteiger partial charge in [0.2, 0.25) is 82.7 Å². The van der Waals surface area contributed by atoms with Crippen LogP contribution in [-0.2, 0) is 110 Å². The summed E-state index contributed by atoms with van der Waals surface area (Å²) in [6.45, 7) is 13.1. The first kappa shape index (κ1) is 106. The summed E-state index contributed by atoms with van der Waals surface area (Å²) in [6.07, 6.45) is -2.05. The standard InChI is InChI=1S/C80H121N19O24S/c1-40(2)29-52(91-67(109)48(82)31-45-19-13-11-14-20-45)72(114)94-56(34-59(83)101)74(116)88-49(23-17-18-27-81)69(111)95-58(36-63(107)108)75(117)92-53(30-41(3)4)71(113)89-50(24-25-61(103)104)70(112)97-64(42(5)6)77(119)96-57(35-62(105)106)68(110)85-38-60(102)87-55(33-47-37-84-39-86-47)73(115)93-54(32-46-21-15-12-16-22-46)76(118)98-65(43(7)8)78(120)99-66(44(9)100)79(121)90-51(80(122)123)26-28-124-10/h11-16,19-22,37,39-44,48-58,64-66,100H,17-18,23-36,38,81-82H2,1-10H3,(H2,83,101)(H,84,86)(H,85,110)(H,87,102)(H,88,116)(H,89,113)(H,90,121)(H,91,109)(H,92,117)(H,93,115)(H,94,114)(H,95,111)(H,96,119)(H,97,112)(H,98,118)(H,99,120)(H,103,104)(H,105,106)(H,107,108)(H,122,123)/p+2/t44-,48+,49+,50+,51+,52+,53+,54+,55+,56+,57+,58+,64+,65+,66+/m1/s1. The van der Waals surface area contributed by atoms with Crippen molar-refractivity contribution in [3.05, 3.63) is 90.0 Å². The predicted octanol–water partition coefficient (Wildman–Crippen LogP) is -5.81. The van der Waals surface area contributed by atoms with Gasteiger partial charge in [0.15, 0.2) is 6.04 Å². The Morgan fingerprint density at radius 3 is 1.28 bits per heavy atom. The number of aromatic amines is 1. The number of aromatic nitrogens is 2. The van der Waals surface area contributed by atoms with Crippen molar-refractivity contribution in [3.8, 4) is 0 Å². The number of benzene rings is 2. The van der Waals surface area contributed by atoms with Gasteiger partial charge in [0.25, 0.3) is 5.91 Å². The number of carbonyl (C=O) groups is 19. The summed E-state index contributed by atoms with van der Waals surface area (Å²) in [5.74, 6) is -24.4. The van der Waals surface area contributed by atoms with Crippen LogP contribution in [0.2, 0.25) is 0 Å². The van der Waals surface area contributed by atoms with Crippen LogP contribution in [0.4, 0.5) is 0 Å².